The second kappa shape index (κ2) is 5.56. The first-order valence-corrected chi connectivity index (χ1v) is 6.08. The van der Waals surface area contributed by atoms with Crippen LogP contribution in [0.3, 0.4) is 0 Å². The zero-order valence-corrected chi connectivity index (χ0v) is 11.0. The minimum atomic E-state index is -0.878. The molecule has 0 radical (unpaired) electrons. The first-order valence-electron chi connectivity index (χ1n) is 6.08. The molecule has 0 saturated carbocycles. The number of hydrogen-bond donors (Lipinski definition) is 1. The average Bonchev–Trinajstić information content (AvgIpc) is 2.71. The summed E-state index contributed by atoms with van der Waals surface area (Å²) in [5.41, 5.74) is 2.42. The van der Waals surface area contributed by atoms with E-state index >= 15 is 0 Å². The molecule has 5 nitrogen and oxygen atoms in total. The fourth-order valence-corrected chi connectivity index (χ4v) is 1.93. The Labute approximate surface area is 111 Å². The van der Waals surface area contributed by atoms with E-state index in [2.05, 4.69) is 5.10 Å². The number of aromatic nitrogens is 2. The molecule has 0 aliphatic heterocycles. The van der Waals surface area contributed by atoms with E-state index in [1.807, 2.05) is 31.2 Å². The van der Waals surface area contributed by atoms with E-state index in [1.54, 1.807) is 17.8 Å². The maximum atomic E-state index is 10.7. The largest absolute Gasteiger partial charge is 0.494 e. The third kappa shape index (κ3) is 3.13. The number of nitrogens with zero attached hydrogens (tertiary/aromatic N) is 2. The van der Waals surface area contributed by atoms with Gasteiger partial charge in [0.25, 0.3) is 0 Å². The van der Waals surface area contributed by atoms with E-state index in [4.69, 9.17) is 9.84 Å². The molecule has 0 fully saturated rings. The van der Waals surface area contributed by atoms with Crippen LogP contribution in [0.2, 0.25) is 0 Å². The van der Waals surface area contributed by atoms with Gasteiger partial charge in [-0.25, -0.2) is 0 Å². The molecule has 100 valence electrons. The molecule has 1 aromatic heterocycles. The van der Waals surface area contributed by atoms with Crippen molar-refractivity contribution < 1.29 is 14.6 Å². The quantitative estimate of drug-likeness (QED) is 0.894. The molecule has 0 unspecified atom stereocenters. The summed E-state index contributed by atoms with van der Waals surface area (Å²) in [4.78, 5) is 10.7. The lowest BCUT2D eigenvalue weighted by Crippen LogP contribution is -2.01. The van der Waals surface area contributed by atoms with Crippen LogP contribution >= 0.6 is 0 Å². The van der Waals surface area contributed by atoms with E-state index in [-0.39, 0.29) is 6.42 Å². The van der Waals surface area contributed by atoms with E-state index in [0.29, 0.717) is 12.3 Å². The third-order valence-corrected chi connectivity index (χ3v) is 2.72. The van der Waals surface area contributed by atoms with Gasteiger partial charge >= 0.3 is 5.97 Å². The number of benzene rings is 1. The number of rotatable bonds is 5. The first-order chi connectivity index (χ1) is 9.10. The highest BCUT2D eigenvalue weighted by molar-refractivity contribution is 5.70. The van der Waals surface area contributed by atoms with Crippen LogP contribution in [0.5, 0.6) is 5.75 Å². The minimum Gasteiger partial charge on any atom is -0.494 e. The molecule has 2 aromatic rings. The number of carboxylic acid groups (broad SMARTS) is 1. The number of hydrogen-bond acceptors (Lipinski definition) is 3. The van der Waals surface area contributed by atoms with Crippen LogP contribution in [0.4, 0.5) is 0 Å². The Bertz CT molecular complexity index is 573. The Balaban J connectivity index is 2.25. The van der Waals surface area contributed by atoms with Gasteiger partial charge in [-0.1, -0.05) is 0 Å². The molecule has 19 heavy (non-hydrogen) atoms. The second-order valence-electron chi connectivity index (χ2n) is 4.17. The molecule has 0 aliphatic rings. The highest BCUT2D eigenvalue weighted by Gasteiger charge is 2.10. The van der Waals surface area contributed by atoms with E-state index < -0.39 is 5.97 Å². The van der Waals surface area contributed by atoms with Crippen molar-refractivity contribution in [3.63, 3.8) is 0 Å². The maximum absolute atomic E-state index is 10.7. The number of aliphatic carboxylic acids is 1. The molecule has 0 bridgehead atoms. The van der Waals surface area contributed by atoms with Crippen LogP contribution in [0.1, 0.15) is 12.6 Å². The summed E-state index contributed by atoms with van der Waals surface area (Å²) in [5.74, 6) is -0.0597. The zero-order valence-electron chi connectivity index (χ0n) is 11.0. The van der Waals surface area contributed by atoms with Gasteiger partial charge in [-0.05, 0) is 37.3 Å². The third-order valence-electron chi connectivity index (χ3n) is 2.72. The molecule has 0 saturated heterocycles. The highest BCUT2D eigenvalue weighted by Crippen LogP contribution is 2.23. The lowest BCUT2D eigenvalue weighted by Gasteiger charge is -2.05. The molecular formula is C14H16N2O3. The number of aryl methyl sites for hydroxylation is 1. The van der Waals surface area contributed by atoms with Crippen LogP contribution in [0, 0.1) is 0 Å². The minimum absolute atomic E-state index is 0.0646. The summed E-state index contributed by atoms with van der Waals surface area (Å²) >= 11 is 0. The standard InChI is InChI=1S/C14H16N2O3/c1-3-19-12-6-4-10(5-7-12)13-8-11(9-14(17)18)15-16(13)2/h4-8H,3,9H2,1-2H3,(H,17,18). The van der Waals surface area contributed by atoms with Crippen LogP contribution in [0.15, 0.2) is 30.3 Å². The molecule has 0 spiro atoms. The van der Waals surface area contributed by atoms with Gasteiger partial charge in [0.1, 0.15) is 5.75 Å². The number of ether oxygens (including phenoxy) is 1. The summed E-state index contributed by atoms with van der Waals surface area (Å²) in [6.45, 7) is 2.57. The maximum Gasteiger partial charge on any atom is 0.309 e. The Hall–Kier alpha value is -2.30. The van der Waals surface area contributed by atoms with Crippen molar-refractivity contribution in [2.24, 2.45) is 7.05 Å². The Morgan fingerprint density at radius 2 is 2.05 bits per heavy atom. The molecule has 0 atom stereocenters. The second-order valence-corrected chi connectivity index (χ2v) is 4.17. The smallest absolute Gasteiger partial charge is 0.309 e. The van der Waals surface area contributed by atoms with Crippen molar-refractivity contribution >= 4 is 5.97 Å². The lowest BCUT2D eigenvalue weighted by molar-refractivity contribution is -0.136. The molecule has 1 heterocycles. The molecule has 1 aromatic carbocycles. The van der Waals surface area contributed by atoms with E-state index in [0.717, 1.165) is 17.0 Å². The van der Waals surface area contributed by atoms with Crippen molar-refractivity contribution in [1.82, 2.24) is 9.78 Å². The summed E-state index contributed by atoms with van der Waals surface area (Å²) in [6, 6.07) is 9.45. The first kappa shape index (κ1) is 13.1. The number of carboxylic acids is 1. The Kier molecular flexibility index (Phi) is 3.85. The van der Waals surface area contributed by atoms with E-state index in [1.165, 1.54) is 0 Å². The van der Waals surface area contributed by atoms with Gasteiger partial charge in [-0.3, -0.25) is 9.48 Å². The fourth-order valence-electron chi connectivity index (χ4n) is 1.93. The summed E-state index contributed by atoms with van der Waals surface area (Å²) in [5, 5.41) is 13.0. The predicted octanol–water partition coefficient (Wildman–Crippen LogP) is 2.11. The SMILES string of the molecule is CCOc1ccc(-c2cc(CC(=O)O)nn2C)cc1. The molecule has 2 rings (SSSR count). The molecule has 0 aliphatic carbocycles. The average molecular weight is 260 g/mol. The molecular weight excluding hydrogens is 244 g/mol. The lowest BCUT2D eigenvalue weighted by atomic mass is 10.1. The van der Waals surface area contributed by atoms with Gasteiger partial charge < -0.3 is 9.84 Å². The molecule has 1 N–H and O–H groups in total. The van der Waals surface area contributed by atoms with Gasteiger partial charge in [-0.2, -0.15) is 5.10 Å². The highest BCUT2D eigenvalue weighted by atomic mass is 16.5. The molecule has 0 amide bonds. The zero-order chi connectivity index (χ0) is 13.8. The van der Waals surface area contributed by atoms with Gasteiger partial charge in [-0.15, -0.1) is 0 Å². The Morgan fingerprint density at radius 1 is 1.37 bits per heavy atom. The van der Waals surface area contributed by atoms with Crippen LogP contribution in [-0.4, -0.2) is 27.5 Å². The summed E-state index contributed by atoms with van der Waals surface area (Å²) in [6.07, 6.45) is -0.0646. The van der Waals surface area contributed by atoms with Gasteiger partial charge in [0, 0.05) is 12.6 Å². The van der Waals surface area contributed by atoms with Crippen LogP contribution < -0.4 is 4.74 Å². The predicted molar refractivity (Wildman–Crippen MR) is 71.2 cm³/mol. The van der Waals surface area contributed by atoms with Crippen LogP contribution in [0.25, 0.3) is 11.3 Å². The fraction of sp³-hybridized carbons (Fsp3) is 0.286. The van der Waals surface area contributed by atoms with E-state index in [9.17, 15) is 4.79 Å². The Morgan fingerprint density at radius 3 is 2.63 bits per heavy atom. The topological polar surface area (TPSA) is 64.3 Å². The summed E-state index contributed by atoms with van der Waals surface area (Å²) < 4.78 is 7.07. The van der Waals surface area contributed by atoms with Crippen molar-refractivity contribution in [3.8, 4) is 17.0 Å². The summed E-state index contributed by atoms with van der Waals surface area (Å²) in [7, 11) is 1.80. The molecule has 5 heteroatoms. The normalized spacial score (nSPS) is 10.4. The van der Waals surface area contributed by atoms with Gasteiger partial charge in [0.2, 0.25) is 0 Å². The van der Waals surface area contributed by atoms with Gasteiger partial charge in [0.15, 0.2) is 0 Å². The monoisotopic (exact) mass is 260 g/mol. The van der Waals surface area contributed by atoms with Gasteiger partial charge in [0.05, 0.1) is 24.4 Å². The van der Waals surface area contributed by atoms with Crippen molar-refractivity contribution in [1.29, 1.82) is 0 Å². The number of carbonyl (C=O) groups is 1. The van der Waals surface area contributed by atoms with Crippen molar-refractivity contribution in [3.05, 3.63) is 36.0 Å². The van der Waals surface area contributed by atoms with Crippen LogP contribution in [-0.2, 0) is 18.3 Å². The van der Waals surface area contributed by atoms with Crippen molar-refractivity contribution in [2.75, 3.05) is 6.61 Å². The van der Waals surface area contributed by atoms with Crippen molar-refractivity contribution in [2.45, 2.75) is 13.3 Å².